The summed E-state index contributed by atoms with van der Waals surface area (Å²) < 4.78 is 0. The van der Waals surface area contributed by atoms with Gasteiger partial charge in [0.15, 0.2) is 0 Å². The normalized spacial score (nSPS) is 15.9. The molecule has 2 amide bonds. The lowest BCUT2D eigenvalue weighted by Gasteiger charge is -2.23. The van der Waals surface area contributed by atoms with Crippen molar-refractivity contribution in [3.05, 3.63) is 76.8 Å². The summed E-state index contributed by atoms with van der Waals surface area (Å²) in [5.74, 6) is 0.988. The summed E-state index contributed by atoms with van der Waals surface area (Å²) in [5.41, 5.74) is 3.66. The molecule has 2 aromatic carbocycles. The average molecular weight is 438 g/mol. The second kappa shape index (κ2) is 9.45. The van der Waals surface area contributed by atoms with Crippen LogP contribution in [0.25, 0.3) is 10.6 Å². The average Bonchev–Trinajstić information content (AvgIpc) is 3.44. The zero-order valence-corrected chi connectivity index (χ0v) is 18.3. The molecule has 1 saturated heterocycles. The van der Waals surface area contributed by atoms with Crippen LogP contribution in [0.1, 0.15) is 21.6 Å². The lowest BCUT2D eigenvalue weighted by Crippen LogP contribution is -2.47. The first-order chi connectivity index (χ1) is 14.6. The summed E-state index contributed by atoms with van der Waals surface area (Å²) >= 11 is 3.22. The molecule has 0 aliphatic carbocycles. The number of rotatable bonds is 6. The molecule has 3 aromatic rings. The van der Waals surface area contributed by atoms with Crippen molar-refractivity contribution in [3.8, 4) is 10.6 Å². The Bertz CT molecular complexity index is 1040. The number of benzene rings is 2. The number of thiazole rings is 1. The summed E-state index contributed by atoms with van der Waals surface area (Å²) in [5, 5.41) is 6.01. The largest absolute Gasteiger partial charge is 0.354 e. The van der Waals surface area contributed by atoms with Crippen LogP contribution in [-0.2, 0) is 11.2 Å². The third kappa shape index (κ3) is 4.57. The SMILES string of the molecule is Cc1ccccc1C(=O)N1CSCC1C(=O)NCCc1csc(-c2ccccc2)n1. The van der Waals surface area contributed by atoms with E-state index >= 15 is 0 Å². The zero-order chi connectivity index (χ0) is 20.9. The lowest BCUT2D eigenvalue weighted by molar-refractivity contribution is -0.124. The highest BCUT2D eigenvalue weighted by Gasteiger charge is 2.35. The first-order valence-corrected chi connectivity index (χ1v) is 11.9. The molecule has 1 aromatic heterocycles. The van der Waals surface area contributed by atoms with E-state index in [-0.39, 0.29) is 11.8 Å². The number of hydrogen-bond donors (Lipinski definition) is 1. The van der Waals surface area contributed by atoms with Gasteiger partial charge in [0.1, 0.15) is 11.0 Å². The number of carbonyl (C=O) groups excluding carboxylic acids is 2. The first-order valence-electron chi connectivity index (χ1n) is 9.85. The Morgan fingerprint density at radius 3 is 2.70 bits per heavy atom. The summed E-state index contributed by atoms with van der Waals surface area (Å²) in [6.07, 6.45) is 0.667. The molecule has 1 N–H and O–H groups in total. The minimum absolute atomic E-state index is 0.0785. The molecule has 1 atom stereocenters. The fourth-order valence-corrected chi connectivity index (χ4v) is 5.41. The molecular weight excluding hydrogens is 414 g/mol. The maximum atomic E-state index is 12.9. The molecule has 0 spiro atoms. The summed E-state index contributed by atoms with van der Waals surface area (Å²) in [6.45, 7) is 2.42. The van der Waals surface area contributed by atoms with Crippen molar-refractivity contribution in [3.63, 3.8) is 0 Å². The van der Waals surface area contributed by atoms with E-state index in [2.05, 4.69) is 10.3 Å². The van der Waals surface area contributed by atoms with Gasteiger partial charge in [0, 0.05) is 35.2 Å². The number of aryl methyl sites for hydroxylation is 1. The van der Waals surface area contributed by atoms with Gasteiger partial charge in [0.25, 0.3) is 5.91 Å². The fraction of sp³-hybridized carbons (Fsp3) is 0.261. The number of nitrogens with zero attached hydrogens (tertiary/aromatic N) is 2. The van der Waals surface area contributed by atoms with Crippen LogP contribution in [0.15, 0.2) is 60.0 Å². The van der Waals surface area contributed by atoms with E-state index in [1.54, 1.807) is 28.0 Å². The van der Waals surface area contributed by atoms with E-state index in [4.69, 9.17) is 0 Å². The highest BCUT2D eigenvalue weighted by atomic mass is 32.2. The maximum Gasteiger partial charge on any atom is 0.255 e. The van der Waals surface area contributed by atoms with Crippen molar-refractivity contribution < 1.29 is 9.59 Å². The second-order valence-corrected chi connectivity index (χ2v) is 9.01. The Hall–Kier alpha value is -2.64. The number of thioether (sulfide) groups is 1. The van der Waals surface area contributed by atoms with Gasteiger partial charge >= 0.3 is 0 Å². The van der Waals surface area contributed by atoms with Crippen molar-refractivity contribution in [2.75, 3.05) is 18.2 Å². The molecule has 30 heavy (non-hydrogen) atoms. The number of amides is 2. The van der Waals surface area contributed by atoms with E-state index in [0.717, 1.165) is 21.8 Å². The molecule has 1 fully saturated rings. The molecule has 0 radical (unpaired) electrons. The van der Waals surface area contributed by atoms with Crippen molar-refractivity contribution in [2.45, 2.75) is 19.4 Å². The highest BCUT2D eigenvalue weighted by molar-refractivity contribution is 7.99. The van der Waals surface area contributed by atoms with Crippen molar-refractivity contribution in [1.29, 1.82) is 0 Å². The molecule has 0 saturated carbocycles. The van der Waals surface area contributed by atoms with Gasteiger partial charge < -0.3 is 10.2 Å². The summed E-state index contributed by atoms with van der Waals surface area (Å²) in [7, 11) is 0. The van der Waals surface area contributed by atoms with Crippen LogP contribution in [0, 0.1) is 6.92 Å². The van der Waals surface area contributed by atoms with Crippen LogP contribution in [0.3, 0.4) is 0 Å². The molecule has 1 aliphatic heterocycles. The van der Waals surface area contributed by atoms with Crippen LogP contribution in [0.4, 0.5) is 0 Å². The standard InChI is InChI=1S/C23H23N3O2S2/c1-16-7-5-6-10-19(16)23(28)26-15-29-14-20(26)21(27)24-12-11-18-13-30-22(25-18)17-8-3-2-4-9-17/h2-10,13,20H,11-12,14-15H2,1H3,(H,24,27). The molecule has 154 valence electrons. The molecule has 5 nitrogen and oxygen atoms in total. The second-order valence-electron chi connectivity index (χ2n) is 7.16. The van der Waals surface area contributed by atoms with Gasteiger partial charge in [-0.15, -0.1) is 23.1 Å². The van der Waals surface area contributed by atoms with Crippen LogP contribution >= 0.6 is 23.1 Å². The van der Waals surface area contributed by atoms with Crippen molar-refractivity contribution in [1.82, 2.24) is 15.2 Å². The number of nitrogens with one attached hydrogen (secondary N) is 1. The number of aromatic nitrogens is 1. The third-order valence-electron chi connectivity index (χ3n) is 5.07. The van der Waals surface area contributed by atoms with Gasteiger partial charge in [-0.25, -0.2) is 4.98 Å². The highest BCUT2D eigenvalue weighted by Crippen LogP contribution is 2.25. The number of hydrogen-bond acceptors (Lipinski definition) is 5. The lowest BCUT2D eigenvalue weighted by atomic mass is 10.1. The van der Waals surface area contributed by atoms with Gasteiger partial charge in [-0.2, -0.15) is 0 Å². The first kappa shape index (κ1) is 20.6. The quantitative estimate of drug-likeness (QED) is 0.633. The van der Waals surface area contributed by atoms with Crippen molar-refractivity contribution >= 4 is 34.9 Å². The third-order valence-corrected chi connectivity index (χ3v) is 7.03. The Morgan fingerprint density at radius 1 is 1.13 bits per heavy atom. The monoisotopic (exact) mass is 437 g/mol. The van der Waals surface area contributed by atoms with Gasteiger partial charge in [-0.05, 0) is 18.6 Å². The Balaban J connectivity index is 1.33. The van der Waals surface area contributed by atoms with Gasteiger partial charge in [-0.3, -0.25) is 9.59 Å². The van der Waals surface area contributed by atoms with Crippen LogP contribution in [0.5, 0.6) is 0 Å². The van der Waals surface area contributed by atoms with Gasteiger partial charge in [-0.1, -0.05) is 48.5 Å². The molecule has 2 heterocycles. The number of carbonyl (C=O) groups is 2. The van der Waals surface area contributed by atoms with E-state index in [1.165, 1.54) is 0 Å². The summed E-state index contributed by atoms with van der Waals surface area (Å²) in [6, 6.07) is 17.2. The molecule has 0 bridgehead atoms. The van der Waals surface area contributed by atoms with E-state index < -0.39 is 6.04 Å². The minimum atomic E-state index is -0.433. The van der Waals surface area contributed by atoms with E-state index in [1.807, 2.05) is 66.9 Å². The fourth-order valence-electron chi connectivity index (χ4n) is 3.39. The van der Waals surface area contributed by atoms with Gasteiger partial charge in [0.2, 0.25) is 5.91 Å². The summed E-state index contributed by atoms with van der Waals surface area (Å²) in [4.78, 5) is 32.0. The van der Waals surface area contributed by atoms with Crippen molar-refractivity contribution in [2.24, 2.45) is 0 Å². The predicted octanol–water partition coefficient (Wildman–Crippen LogP) is 3.99. The van der Waals surface area contributed by atoms with E-state index in [0.29, 0.717) is 30.2 Å². The minimum Gasteiger partial charge on any atom is -0.354 e. The van der Waals surface area contributed by atoms with Gasteiger partial charge in [0.05, 0.1) is 11.6 Å². The predicted molar refractivity (Wildman–Crippen MR) is 123 cm³/mol. The Kier molecular flexibility index (Phi) is 6.50. The van der Waals surface area contributed by atoms with Crippen LogP contribution in [0.2, 0.25) is 0 Å². The molecule has 1 aliphatic rings. The zero-order valence-electron chi connectivity index (χ0n) is 16.7. The Labute approximate surface area is 184 Å². The molecular formula is C23H23N3O2S2. The molecule has 1 unspecified atom stereocenters. The Morgan fingerprint density at radius 2 is 1.90 bits per heavy atom. The smallest absolute Gasteiger partial charge is 0.255 e. The molecule has 7 heteroatoms. The van der Waals surface area contributed by atoms with Crippen LogP contribution in [-0.4, -0.2) is 45.9 Å². The van der Waals surface area contributed by atoms with E-state index in [9.17, 15) is 9.59 Å². The maximum absolute atomic E-state index is 12.9. The van der Waals surface area contributed by atoms with Crippen LogP contribution < -0.4 is 5.32 Å². The molecule has 4 rings (SSSR count). The topological polar surface area (TPSA) is 62.3 Å².